The van der Waals surface area contributed by atoms with E-state index in [2.05, 4.69) is 10.2 Å². The fraction of sp³-hybridized carbons (Fsp3) is 0.500. The maximum Gasteiger partial charge on any atom is 0.123 e. The first-order chi connectivity index (χ1) is 7.79. The van der Waals surface area contributed by atoms with Crippen LogP contribution < -0.4 is 10.1 Å². The van der Waals surface area contributed by atoms with E-state index in [1.54, 1.807) is 7.11 Å². The third-order valence-electron chi connectivity index (χ3n) is 2.85. The van der Waals surface area contributed by atoms with Crippen molar-refractivity contribution in [3.05, 3.63) is 28.8 Å². The predicted octanol–water partition coefficient (Wildman–Crippen LogP) is 2.60. The number of methoxy groups -OCH3 is 1. The summed E-state index contributed by atoms with van der Waals surface area (Å²) in [7, 11) is 1.70. The lowest BCUT2D eigenvalue weighted by Crippen LogP contribution is -2.42. The third-order valence-corrected chi connectivity index (χ3v) is 3.08. The predicted molar refractivity (Wildman–Crippen MR) is 80.6 cm³/mol. The fourth-order valence-electron chi connectivity index (χ4n) is 1.98. The van der Waals surface area contributed by atoms with E-state index >= 15 is 0 Å². The lowest BCUT2D eigenvalue weighted by Gasteiger charge is -2.27. The van der Waals surface area contributed by atoms with Gasteiger partial charge in [-0.15, -0.1) is 24.8 Å². The van der Waals surface area contributed by atoms with Gasteiger partial charge in [0.15, 0.2) is 0 Å². The van der Waals surface area contributed by atoms with Gasteiger partial charge < -0.3 is 10.1 Å². The van der Waals surface area contributed by atoms with Crippen molar-refractivity contribution in [1.29, 1.82) is 0 Å². The van der Waals surface area contributed by atoms with E-state index in [0.29, 0.717) is 0 Å². The SMILES string of the molecule is COc1ccc(Cl)cc1CN1CCNCC1.Cl.Cl. The Balaban J connectivity index is 0.00000144. The van der Waals surface area contributed by atoms with Crippen LogP contribution in [0.4, 0.5) is 0 Å². The number of hydrogen-bond acceptors (Lipinski definition) is 3. The summed E-state index contributed by atoms with van der Waals surface area (Å²) in [5.41, 5.74) is 1.16. The number of hydrogen-bond donors (Lipinski definition) is 1. The van der Waals surface area contributed by atoms with E-state index in [1.807, 2.05) is 18.2 Å². The molecule has 1 aromatic carbocycles. The van der Waals surface area contributed by atoms with Crippen molar-refractivity contribution >= 4 is 36.4 Å². The zero-order valence-electron chi connectivity index (χ0n) is 10.3. The van der Waals surface area contributed by atoms with Gasteiger partial charge in [-0.1, -0.05) is 11.6 Å². The Labute approximate surface area is 126 Å². The van der Waals surface area contributed by atoms with Gasteiger partial charge in [0, 0.05) is 43.3 Å². The van der Waals surface area contributed by atoms with Crippen LogP contribution in [0.5, 0.6) is 5.75 Å². The van der Waals surface area contributed by atoms with Gasteiger partial charge in [0.2, 0.25) is 0 Å². The highest BCUT2D eigenvalue weighted by Crippen LogP contribution is 2.24. The molecule has 2 rings (SSSR count). The number of benzene rings is 1. The zero-order valence-corrected chi connectivity index (χ0v) is 12.7. The van der Waals surface area contributed by atoms with Crippen LogP contribution in [0.1, 0.15) is 5.56 Å². The third kappa shape index (κ3) is 4.82. The summed E-state index contributed by atoms with van der Waals surface area (Å²) in [5.74, 6) is 0.919. The van der Waals surface area contributed by atoms with Gasteiger partial charge in [-0.25, -0.2) is 0 Å². The van der Waals surface area contributed by atoms with Gasteiger partial charge in [-0.3, -0.25) is 4.90 Å². The van der Waals surface area contributed by atoms with Gasteiger partial charge in [0.25, 0.3) is 0 Å². The molecule has 1 aliphatic rings. The Hall–Kier alpha value is -0.190. The van der Waals surface area contributed by atoms with E-state index in [9.17, 15) is 0 Å². The van der Waals surface area contributed by atoms with E-state index in [1.165, 1.54) is 0 Å². The van der Waals surface area contributed by atoms with Crippen molar-refractivity contribution < 1.29 is 4.74 Å². The summed E-state index contributed by atoms with van der Waals surface area (Å²) < 4.78 is 5.34. The van der Waals surface area contributed by atoms with E-state index in [0.717, 1.165) is 49.1 Å². The van der Waals surface area contributed by atoms with Crippen molar-refractivity contribution in [3.8, 4) is 5.75 Å². The van der Waals surface area contributed by atoms with Gasteiger partial charge in [-0.05, 0) is 18.2 Å². The highest BCUT2D eigenvalue weighted by atomic mass is 35.5. The van der Waals surface area contributed by atoms with Crippen molar-refractivity contribution in [1.82, 2.24) is 10.2 Å². The summed E-state index contributed by atoms with van der Waals surface area (Å²) in [6, 6.07) is 5.78. The molecule has 18 heavy (non-hydrogen) atoms. The van der Waals surface area contributed by atoms with E-state index in [4.69, 9.17) is 16.3 Å². The van der Waals surface area contributed by atoms with Crippen molar-refractivity contribution in [2.24, 2.45) is 0 Å². The second kappa shape index (κ2) is 8.83. The molecule has 1 aromatic rings. The van der Waals surface area contributed by atoms with Crippen LogP contribution in [0, 0.1) is 0 Å². The lowest BCUT2D eigenvalue weighted by molar-refractivity contribution is 0.230. The normalized spacial score (nSPS) is 15.4. The molecule has 0 aromatic heterocycles. The lowest BCUT2D eigenvalue weighted by atomic mass is 10.1. The van der Waals surface area contributed by atoms with Crippen LogP contribution in [0.25, 0.3) is 0 Å². The number of nitrogens with one attached hydrogen (secondary N) is 1. The summed E-state index contributed by atoms with van der Waals surface area (Å²) in [6.07, 6.45) is 0. The minimum absolute atomic E-state index is 0. The van der Waals surface area contributed by atoms with Crippen LogP contribution in [-0.4, -0.2) is 38.2 Å². The molecule has 1 N–H and O–H groups in total. The molecule has 0 bridgehead atoms. The van der Waals surface area contributed by atoms with Crippen LogP contribution in [0.2, 0.25) is 5.02 Å². The van der Waals surface area contributed by atoms with Crippen LogP contribution >= 0.6 is 36.4 Å². The number of ether oxygens (including phenoxy) is 1. The van der Waals surface area contributed by atoms with Gasteiger partial charge >= 0.3 is 0 Å². The first kappa shape index (κ1) is 17.8. The fourth-order valence-corrected chi connectivity index (χ4v) is 2.18. The number of nitrogens with zero attached hydrogens (tertiary/aromatic N) is 1. The average molecular weight is 314 g/mol. The largest absolute Gasteiger partial charge is 0.496 e. The highest BCUT2D eigenvalue weighted by molar-refractivity contribution is 6.30. The van der Waals surface area contributed by atoms with Crippen LogP contribution in [0.15, 0.2) is 18.2 Å². The topological polar surface area (TPSA) is 24.5 Å². The van der Waals surface area contributed by atoms with E-state index < -0.39 is 0 Å². The molecule has 104 valence electrons. The molecular weight excluding hydrogens is 295 g/mol. The number of rotatable bonds is 3. The van der Waals surface area contributed by atoms with Crippen molar-refractivity contribution in [2.75, 3.05) is 33.3 Å². The Bertz CT molecular complexity index is 357. The molecule has 0 radical (unpaired) electrons. The average Bonchev–Trinajstić information content (AvgIpc) is 2.31. The smallest absolute Gasteiger partial charge is 0.123 e. The second-order valence-corrected chi connectivity index (χ2v) is 4.42. The van der Waals surface area contributed by atoms with Gasteiger partial charge in [0.1, 0.15) is 5.75 Å². The number of halogens is 3. The molecule has 1 saturated heterocycles. The van der Waals surface area contributed by atoms with Crippen LogP contribution in [0.3, 0.4) is 0 Å². The quantitative estimate of drug-likeness (QED) is 0.928. The Morgan fingerprint density at radius 3 is 2.56 bits per heavy atom. The Morgan fingerprint density at radius 1 is 1.28 bits per heavy atom. The molecule has 0 amide bonds. The second-order valence-electron chi connectivity index (χ2n) is 3.98. The maximum absolute atomic E-state index is 6.01. The summed E-state index contributed by atoms with van der Waals surface area (Å²) in [6.45, 7) is 5.18. The Morgan fingerprint density at radius 2 is 1.94 bits per heavy atom. The molecule has 0 aliphatic carbocycles. The summed E-state index contributed by atoms with van der Waals surface area (Å²) in [4.78, 5) is 2.41. The summed E-state index contributed by atoms with van der Waals surface area (Å²) >= 11 is 6.01. The molecule has 0 atom stereocenters. The number of piperazine rings is 1. The molecule has 0 spiro atoms. The monoisotopic (exact) mass is 312 g/mol. The standard InChI is InChI=1S/C12H17ClN2O.2ClH/c1-16-12-3-2-11(13)8-10(12)9-15-6-4-14-5-7-15;;/h2-3,8,14H,4-7,9H2,1H3;2*1H. The highest BCUT2D eigenvalue weighted by Gasteiger charge is 2.12. The van der Waals surface area contributed by atoms with Crippen molar-refractivity contribution in [2.45, 2.75) is 6.54 Å². The maximum atomic E-state index is 6.01. The molecule has 6 heteroatoms. The first-order valence-corrected chi connectivity index (χ1v) is 5.93. The molecular formula is C12H19Cl3N2O. The molecule has 0 saturated carbocycles. The van der Waals surface area contributed by atoms with Crippen molar-refractivity contribution in [3.63, 3.8) is 0 Å². The first-order valence-electron chi connectivity index (χ1n) is 5.55. The van der Waals surface area contributed by atoms with Gasteiger partial charge in [0.05, 0.1) is 7.11 Å². The van der Waals surface area contributed by atoms with E-state index in [-0.39, 0.29) is 24.8 Å². The summed E-state index contributed by atoms with van der Waals surface area (Å²) in [5, 5.41) is 4.11. The van der Waals surface area contributed by atoms with Gasteiger partial charge in [-0.2, -0.15) is 0 Å². The molecule has 1 aliphatic heterocycles. The minimum Gasteiger partial charge on any atom is -0.496 e. The molecule has 3 nitrogen and oxygen atoms in total. The minimum atomic E-state index is 0. The Kier molecular flexibility index (Phi) is 8.74. The molecule has 0 unspecified atom stereocenters. The van der Waals surface area contributed by atoms with Crippen LogP contribution in [-0.2, 0) is 6.54 Å². The molecule has 1 fully saturated rings. The molecule has 1 heterocycles. The zero-order chi connectivity index (χ0) is 11.4.